The number of hydrogen-bond acceptors (Lipinski definition) is 5. The van der Waals surface area contributed by atoms with Gasteiger partial charge in [0.1, 0.15) is 17.2 Å². The smallest absolute Gasteiger partial charge is 0.276 e. The number of benzene rings is 2. The second-order valence-corrected chi connectivity index (χ2v) is 5.35. The Morgan fingerprint density at radius 2 is 1.19 bits per heavy atom. The average molecular weight is 358 g/mol. The number of rotatable bonds is 8. The van der Waals surface area contributed by atoms with E-state index in [4.69, 9.17) is 14.2 Å². The lowest BCUT2D eigenvalue weighted by Crippen LogP contribution is -2.45. The van der Waals surface area contributed by atoms with Gasteiger partial charge in [0.05, 0.1) is 7.11 Å². The Kier molecular flexibility index (Phi) is 7.30. The zero-order valence-corrected chi connectivity index (χ0v) is 14.8. The molecule has 0 saturated heterocycles. The van der Waals surface area contributed by atoms with E-state index < -0.39 is 11.8 Å². The Bertz CT molecular complexity index is 650. The molecule has 26 heavy (non-hydrogen) atoms. The molecule has 0 radical (unpaired) electrons. The summed E-state index contributed by atoms with van der Waals surface area (Å²) in [6.45, 7) is 1.63. The van der Waals surface area contributed by atoms with Crippen molar-refractivity contribution in [3.05, 3.63) is 54.1 Å². The number of ether oxygens (including phenoxy) is 3. The van der Waals surface area contributed by atoms with Gasteiger partial charge in [-0.3, -0.25) is 20.4 Å². The molecule has 0 fully saturated rings. The highest BCUT2D eigenvalue weighted by molar-refractivity contribution is 5.83. The van der Waals surface area contributed by atoms with Crippen molar-refractivity contribution in [2.45, 2.75) is 13.3 Å². The van der Waals surface area contributed by atoms with Crippen molar-refractivity contribution in [1.82, 2.24) is 10.9 Å². The molecule has 0 saturated carbocycles. The van der Waals surface area contributed by atoms with Crippen molar-refractivity contribution in [2.24, 2.45) is 0 Å². The van der Waals surface area contributed by atoms with Crippen molar-refractivity contribution < 1.29 is 23.8 Å². The molecule has 2 aromatic rings. The molecule has 0 aliphatic rings. The Morgan fingerprint density at radius 3 is 1.62 bits per heavy atom. The van der Waals surface area contributed by atoms with E-state index in [1.807, 2.05) is 12.1 Å². The molecule has 0 aliphatic heterocycles. The van der Waals surface area contributed by atoms with Crippen LogP contribution >= 0.6 is 0 Å². The molecular weight excluding hydrogens is 336 g/mol. The van der Waals surface area contributed by atoms with E-state index in [0.717, 1.165) is 6.42 Å². The monoisotopic (exact) mass is 358 g/mol. The van der Waals surface area contributed by atoms with Gasteiger partial charge in [-0.1, -0.05) is 19.1 Å². The maximum atomic E-state index is 11.7. The quantitative estimate of drug-likeness (QED) is 0.704. The fourth-order valence-corrected chi connectivity index (χ4v) is 2.00. The zero-order valence-electron chi connectivity index (χ0n) is 14.8. The van der Waals surface area contributed by atoms with Crippen molar-refractivity contribution in [1.29, 1.82) is 0 Å². The Labute approximate surface area is 152 Å². The Morgan fingerprint density at radius 1 is 0.769 bits per heavy atom. The molecule has 2 amide bonds. The van der Waals surface area contributed by atoms with Gasteiger partial charge in [-0.25, -0.2) is 0 Å². The van der Waals surface area contributed by atoms with Crippen LogP contribution in [0.1, 0.15) is 12.5 Å². The lowest BCUT2D eigenvalue weighted by Gasteiger charge is -2.10. The van der Waals surface area contributed by atoms with E-state index in [9.17, 15) is 9.59 Å². The lowest BCUT2D eigenvalue weighted by molar-refractivity contribution is -0.131. The van der Waals surface area contributed by atoms with E-state index in [1.54, 1.807) is 43.5 Å². The molecule has 2 N–H and O–H groups in total. The van der Waals surface area contributed by atoms with Crippen molar-refractivity contribution in [3.63, 3.8) is 0 Å². The van der Waals surface area contributed by atoms with Gasteiger partial charge in [0, 0.05) is 0 Å². The highest BCUT2D eigenvalue weighted by atomic mass is 16.5. The molecular formula is C19H22N2O5. The summed E-state index contributed by atoms with van der Waals surface area (Å²) in [5.74, 6) is 0.847. The summed E-state index contributed by atoms with van der Waals surface area (Å²) in [5, 5.41) is 0. The third-order valence-corrected chi connectivity index (χ3v) is 3.47. The van der Waals surface area contributed by atoms with E-state index >= 15 is 0 Å². The number of amides is 2. The number of hydrogen-bond donors (Lipinski definition) is 2. The van der Waals surface area contributed by atoms with Crippen LogP contribution in [0, 0.1) is 0 Å². The van der Waals surface area contributed by atoms with Gasteiger partial charge in [-0.2, -0.15) is 0 Å². The van der Waals surface area contributed by atoms with Gasteiger partial charge >= 0.3 is 0 Å². The molecule has 7 heteroatoms. The predicted octanol–water partition coefficient (Wildman–Crippen LogP) is 1.86. The fourth-order valence-electron chi connectivity index (χ4n) is 2.00. The van der Waals surface area contributed by atoms with E-state index in [1.165, 1.54) is 5.56 Å². The van der Waals surface area contributed by atoms with Crippen LogP contribution in [0.2, 0.25) is 0 Å². The zero-order chi connectivity index (χ0) is 18.8. The van der Waals surface area contributed by atoms with Gasteiger partial charge in [-0.15, -0.1) is 0 Å². The first kappa shape index (κ1) is 19.1. The first-order valence-corrected chi connectivity index (χ1v) is 8.17. The number of hydrazine groups is 1. The van der Waals surface area contributed by atoms with Crippen molar-refractivity contribution in [3.8, 4) is 17.2 Å². The number of aryl methyl sites for hydroxylation is 1. The molecule has 0 atom stereocenters. The van der Waals surface area contributed by atoms with Gasteiger partial charge in [-0.05, 0) is 48.4 Å². The molecule has 0 bridgehead atoms. The third kappa shape index (κ3) is 6.35. The summed E-state index contributed by atoms with van der Waals surface area (Å²) < 4.78 is 15.7. The van der Waals surface area contributed by atoms with E-state index in [2.05, 4.69) is 17.8 Å². The third-order valence-electron chi connectivity index (χ3n) is 3.47. The standard InChI is InChI=1S/C19H22N2O5/c1-3-14-4-6-16(7-5-14)25-12-18(22)20-21-19(23)13-26-17-10-8-15(24-2)9-11-17/h4-11H,3,12-13H2,1-2H3,(H,20,22)(H,21,23). The number of nitrogens with one attached hydrogen (secondary N) is 2. The van der Waals surface area contributed by atoms with Gasteiger partial charge in [0.2, 0.25) is 0 Å². The summed E-state index contributed by atoms with van der Waals surface area (Å²) in [5.41, 5.74) is 5.71. The normalized spacial score (nSPS) is 9.92. The van der Waals surface area contributed by atoms with Crippen LogP contribution in [0.15, 0.2) is 48.5 Å². The van der Waals surface area contributed by atoms with Crippen LogP contribution in [-0.2, 0) is 16.0 Å². The molecule has 0 aliphatic carbocycles. The SMILES string of the molecule is CCc1ccc(OCC(=O)NNC(=O)COc2ccc(OC)cc2)cc1. The second-order valence-electron chi connectivity index (χ2n) is 5.35. The molecule has 0 heterocycles. The minimum absolute atomic E-state index is 0.203. The summed E-state index contributed by atoms with van der Waals surface area (Å²) in [7, 11) is 1.57. The first-order valence-electron chi connectivity index (χ1n) is 8.17. The minimum atomic E-state index is -0.485. The van der Waals surface area contributed by atoms with Gasteiger partial charge in [0.15, 0.2) is 13.2 Å². The van der Waals surface area contributed by atoms with Crippen LogP contribution < -0.4 is 25.1 Å². The van der Waals surface area contributed by atoms with Crippen LogP contribution in [0.25, 0.3) is 0 Å². The molecule has 138 valence electrons. The molecule has 0 aromatic heterocycles. The average Bonchev–Trinajstić information content (AvgIpc) is 2.69. The topological polar surface area (TPSA) is 85.9 Å². The Hall–Kier alpha value is -3.22. The van der Waals surface area contributed by atoms with Crippen LogP contribution in [-0.4, -0.2) is 32.1 Å². The van der Waals surface area contributed by atoms with Crippen molar-refractivity contribution >= 4 is 11.8 Å². The predicted molar refractivity (Wildman–Crippen MR) is 96.1 cm³/mol. The summed E-state index contributed by atoms with van der Waals surface area (Å²) in [6, 6.07) is 14.3. The molecule has 0 unspecified atom stereocenters. The highest BCUT2D eigenvalue weighted by Crippen LogP contribution is 2.16. The summed E-state index contributed by atoms with van der Waals surface area (Å²) in [6.07, 6.45) is 0.936. The van der Waals surface area contributed by atoms with Crippen LogP contribution in [0.4, 0.5) is 0 Å². The molecule has 0 spiro atoms. The minimum Gasteiger partial charge on any atom is -0.497 e. The largest absolute Gasteiger partial charge is 0.497 e. The van der Waals surface area contributed by atoms with Gasteiger partial charge < -0.3 is 14.2 Å². The van der Waals surface area contributed by atoms with Crippen LogP contribution in [0.5, 0.6) is 17.2 Å². The number of carbonyl (C=O) groups excluding carboxylic acids is 2. The summed E-state index contributed by atoms with van der Waals surface area (Å²) in [4.78, 5) is 23.4. The van der Waals surface area contributed by atoms with E-state index in [0.29, 0.717) is 17.2 Å². The number of carbonyl (C=O) groups is 2. The fraction of sp³-hybridized carbons (Fsp3) is 0.263. The van der Waals surface area contributed by atoms with Crippen LogP contribution in [0.3, 0.4) is 0 Å². The van der Waals surface area contributed by atoms with Crippen molar-refractivity contribution in [2.75, 3.05) is 20.3 Å². The lowest BCUT2D eigenvalue weighted by atomic mass is 10.2. The second kappa shape index (κ2) is 9.93. The number of methoxy groups -OCH3 is 1. The summed E-state index contributed by atoms with van der Waals surface area (Å²) >= 11 is 0. The molecule has 2 aromatic carbocycles. The Balaban J connectivity index is 1.64. The first-order chi connectivity index (χ1) is 12.6. The highest BCUT2D eigenvalue weighted by Gasteiger charge is 2.07. The maximum Gasteiger partial charge on any atom is 0.276 e. The van der Waals surface area contributed by atoms with Gasteiger partial charge in [0.25, 0.3) is 11.8 Å². The maximum absolute atomic E-state index is 11.7. The molecule has 2 rings (SSSR count). The molecule has 7 nitrogen and oxygen atoms in total. The van der Waals surface area contributed by atoms with E-state index in [-0.39, 0.29) is 13.2 Å².